The van der Waals surface area contributed by atoms with Crippen molar-refractivity contribution in [3.63, 3.8) is 0 Å². The molecule has 0 aliphatic carbocycles. The fourth-order valence-electron chi connectivity index (χ4n) is 2.94. The van der Waals surface area contributed by atoms with Gasteiger partial charge in [0.25, 0.3) is 5.91 Å². The van der Waals surface area contributed by atoms with Crippen LogP contribution in [0.5, 0.6) is 23.0 Å². The van der Waals surface area contributed by atoms with Gasteiger partial charge in [0.2, 0.25) is 0 Å². The van der Waals surface area contributed by atoms with E-state index in [0.29, 0.717) is 45.9 Å². The largest absolute Gasteiger partial charge is 0.497 e. The Morgan fingerprint density at radius 1 is 0.903 bits per heavy atom. The van der Waals surface area contributed by atoms with Crippen LogP contribution >= 0.6 is 11.6 Å². The van der Waals surface area contributed by atoms with Gasteiger partial charge in [0, 0.05) is 17.2 Å². The topological polar surface area (TPSA) is 66.0 Å². The minimum Gasteiger partial charge on any atom is -0.497 e. The number of nitrogens with one attached hydrogen (secondary N) is 1. The standard InChI is InChI=1S/C24H24ClNO5/c1-4-30-21-12-9-16(13-17(21)15-31-22-8-6-5-7-19(22)25)24(27)26-20-11-10-18(28-2)14-23(20)29-3/h5-14H,4,15H2,1-3H3,(H,26,27). The smallest absolute Gasteiger partial charge is 0.255 e. The maximum Gasteiger partial charge on any atom is 0.255 e. The van der Waals surface area contributed by atoms with Crippen LogP contribution in [0.3, 0.4) is 0 Å². The van der Waals surface area contributed by atoms with Crippen molar-refractivity contribution < 1.29 is 23.7 Å². The zero-order valence-electron chi connectivity index (χ0n) is 17.6. The molecule has 31 heavy (non-hydrogen) atoms. The Morgan fingerprint density at radius 2 is 1.71 bits per heavy atom. The molecule has 1 N–H and O–H groups in total. The van der Waals surface area contributed by atoms with E-state index < -0.39 is 0 Å². The molecule has 162 valence electrons. The fraction of sp³-hybridized carbons (Fsp3) is 0.208. The minimum atomic E-state index is -0.287. The molecule has 0 saturated carbocycles. The van der Waals surface area contributed by atoms with E-state index in [1.165, 1.54) is 7.11 Å². The van der Waals surface area contributed by atoms with E-state index in [9.17, 15) is 4.79 Å². The number of rotatable bonds is 9. The van der Waals surface area contributed by atoms with Crippen LogP contribution in [-0.4, -0.2) is 26.7 Å². The summed E-state index contributed by atoms with van der Waals surface area (Å²) in [4.78, 5) is 12.9. The first-order chi connectivity index (χ1) is 15.0. The highest BCUT2D eigenvalue weighted by atomic mass is 35.5. The molecule has 0 heterocycles. The summed E-state index contributed by atoms with van der Waals surface area (Å²) in [5, 5.41) is 3.38. The molecular formula is C24H24ClNO5. The third-order valence-corrected chi connectivity index (χ3v) is 4.81. The van der Waals surface area contributed by atoms with Crippen LogP contribution in [0.2, 0.25) is 5.02 Å². The van der Waals surface area contributed by atoms with Crippen LogP contribution < -0.4 is 24.3 Å². The Labute approximate surface area is 186 Å². The Balaban J connectivity index is 1.82. The summed E-state index contributed by atoms with van der Waals surface area (Å²) in [6.07, 6.45) is 0. The zero-order valence-corrected chi connectivity index (χ0v) is 18.4. The van der Waals surface area contributed by atoms with E-state index in [2.05, 4.69) is 5.32 Å². The van der Waals surface area contributed by atoms with Crippen LogP contribution in [-0.2, 0) is 6.61 Å². The van der Waals surface area contributed by atoms with Gasteiger partial charge in [-0.15, -0.1) is 0 Å². The van der Waals surface area contributed by atoms with Crippen molar-refractivity contribution in [2.45, 2.75) is 13.5 Å². The molecule has 0 atom stereocenters. The van der Waals surface area contributed by atoms with Gasteiger partial charge in [0.1, 0.15) is 29.6 Å². The van der Waals surface area contributed by atoms with Crippen LogP contribution in [0.4, 0.5) is 5.69 Å². The van der Waals surface area contributed by atoms with Crippen LogP contribution in [0.15, 0.2) is 60.7 Å². The molecule has 1 amide bonds. The molecule has 0 aromatic heterocycles. The molecule has 7 heteroatoms. The van der Waals surface area contributed by atoms with Gasteiger partial charge < -0.3 is 24.3 Å². The molecule has 3 aromatic rings. The van der Waals surface area contributed by atoms with E-state index in [0.717, 1.165) is 5.56 Å². The summed E-state index contributed by atoms with van der Waals surface area (Å²) in [7, 11) is 3.10. The van der Waals surface area contributed by atoms with Crippen molar-refractivity contribution in [1.82, 2.24) is 0 Å². The molecule has 0 fully saturated rings. The second kappa shape index (κ2) is 10.6. The summed E-state index contributed by atoms with van der Waals surface area (Å²) in [5.41, 5.74) is 1.73. The molecule has 3 aromatic carbocycles. The van der Waals surface area contributed by atoms with Crippen molar-refractivity contribution in [3.05, 3.63) is 76.8 Å². The average molecular weight is 442 g/mol. The van der Waals surface area contributed by atoms with Gasteiger partial charge in [-0.05, 0) is 49.4 Å². The third-order valence-electron chi connectivity index (χ3n) is 4.50. The quantitative estimate of drug-likeness (QED) is 0.469. The number of methoxy groups -OCH3 is 2. The van der Waals surface area contributed by atoms with Gasteiger partial charge in [-0.2, -0.15) is 0 Å². The Bertz CT molecular complexity index is 1050. The highest BCUT2D eigenvalue weighted by Gasteiger charge is 2.14. The van der Waals surface area contributed by atoms with Crippen molar-refractivity contribution in [3.8, 4) is 23.0 Å². The maximum atomic E-state index is 12.9. The Kier molecular flexibility index (Phi) is 7.62. The summed E-state index contributed by atoms with van der Waals surface area (Å²) in [5.74, 6) is 2.05. The lowest BCUT2D eigenvalue weighted by Crippen LogP contribution is -2.14. The van der Waals surface area contributed by atoms with E-state index >= 15 is 0 Å². The summed E-state index contributed by atoms with van der Waals surface area (Å²) in [6, 6.07) is 17.6. The molecule has 6 nitrogen and oxygen atoms in total. The number of anilines is 1. The number of halogens is 1. The van der Waals surface area contributed by atoms with Crippen molar-refractivity contribution >= 4 is 23.2 Å². The first-order valence-corrected chi connectivity index (χ1v) is 10.1. The van der Waals surface area contributed by atoms with Gasteiger partial charge in [-0.3, -0.25) is 4.79 Å². The average Bonchev–Trinajstić information content (AvgIpc) is 2.79. The van der Waals surface area contributed by atoms with Crippen LogP contribution in [0.25, 0.3) is 0 Å². The van der Waals surface area contributed by atoms with Crippen LogP contribution in [0, 0.1) is 0 Å². The molecule has 3 rings (SSSR count). The molecular weight excluding hydrogens is 418 g/mol. The predicted octanol–water partition coefficient (Wildman–Crippen LogP) is 5.59. The lowest BCUT2D eigenvalue weighted by Gasteiger charge is -2.15. The first-order valence-electron chi connectivity index (χ1n) is 9.72. The summed E-state index contributed by atoms with van der Waals surface area (Å²) < 4.78 is 22.1. The van der Waals surface area contributed by atoms with Crippen molar-refractivity contribution in [2.24, 2.45) is 0 Å². The molecule has 0 bridgehead atoms. The highest BCUT2D eigenvalue weighted by Crippen LogP contribution is 2.30. The number of carbonyl (C=O) groups is 1. The van der Waals surface area contributed by atoms with Gasteiger partial charge in [-0.1, -0.05) is 23.7 Å². The molecule has 0 spiro atoms. The van der Waals surface area contributed by atoms with Crippen molar-refractivity contribution in [1.29, 1.82) is 0 Å². The number of ether oxygens (including phenoxy) is 4. The second-order valence-electron chi connectivity index (χ2n) is 6.49. The van der Waals surface area contributed by atoms with Gasteiger partial charge >= 0.3 is 0 Å². The van der Waals surface area contributed by atoms with E-state index in [1.807, 2.05) is 19.1 Å². The highest BCUT2D eigenvalue weighted by molar-refractivity contribution is 6.32. The third kappa shape index (κ3) is 5.61. The molecule has 0 radical (unpaired) electrons. The van der Waals surface area contributed by atoms with Crippen LogP contribution in [0.1, 0.15) is 22.8 Å². The Hall–Kier alpha value is -3.38. The SMILES string of the molecule is CCOc1ccc(C(=O)Nc2ccc(OC)cc2OC)cc1COc1ccccc1Cl. The van der Waals surface area contributed by atoms with Gasteiger partial charge in [-0.25, -0.2) is 0 Å². The molecule has 0 aliphatic heterocycles. The van der Waals surface area contributed by atoms with E-state index in [1.54, 1.807) is 55.6 Å². The number of para-hydroxylation sites is 1. The number of carbonyl (C=O) groups excluding carboxylic acids is 1. The lowest BCUT2D eigenvalue weighted by atomic mass is 10.1. The molecule has 0 aliphatic rings. The van der Waals surface area contributed by atoms with Gasteiger partial charge in [0.05, 0.1) is 31.5 Å². The second-order valence-corrected chi connectivity index (χ2v) is 6.90. The zero-order chi connectivity index (χ0) is 22.2. The van der Waals surface area contributed by atoms with Gasteiger partial charge in [0.15, 0.2) is 0 Å². The number of hydrogen-bond acceptors (Lipinski definition) is 5. The van der Waals surface area contributed by atoms with E-state index in [4.69, 9.17) is 30.5 Å². The van der Waals surface area contributed by atoms with Crippen molar-refractivity contribution in [2.75, 3.05) is 26.1 Å². The maximum absolute atomic E-state index is 12.9. The fourth-order valence-corrected chi connectivity index (χ4v) is 3.13. The van der Waals surface area contributed by atoms with E-state index in [-0.39, 0.29) is 12.5 Å². The number of benzene rings is 3. The first kappa shape index (κ1) is 22.3. The monoisotopic (exact) mass is 441 g/mol. The predicted molar refractivity (Wildman–Crippen MR) is 121 cm³/mol. The summed E-state index contributed by atoms with van der Waals surface area (Å²) >= 11 is 6.17. The number of hydrogen-bond donors (Lipinski definition) is 1. The Morgan fingerprint density at radius 3 is 2.42 bits per heavy atom. The minimum absolute atomic E-state index is 0.200. The normalized spacial score (nSPS) is 10.3. The molecule has 0 unspecified atom stereocenters. The summed E-state index contributed by atoms with van der Waals surface area (Å²) in [6.45, 7) is 2.59. The lowest BCUT2D eigenvalue weighted by molar-refractivity contribution is 0.102. The number of amides is 1. The molecule has 0 saturated heterocycles.